The van der Waals surface area contributed by atoms with Gasteiger partial charge in [-0.05, 0) is 35.2 Å². The van der Waals surface area contributed by atoms with Gasteiger partial charge in [-0.2, -0.15) is 5.26 Å². The van der Waals surface area contributed by atoms with Crippen LogP contribution in [0.15, 0.2) is 35.2 Å². The number of rotatable bonds is 2. The highest BCUT2D eigenvalue weighted by atomic mass is 32.2. The molecule has 0 saturated heterocycles. The minimum atomic E-state index is 0.948. The zero-order chi connectivity index (χ0) is 10.4. The molecular weight excluding hydrogens is 190 g/mol. The number of hydrogen-bond donors (Lipinski definition) is 0. The van der Waals surface area contributed by atoms with Crippen molar-refractivity contribution in [2.75, 3.05) is 0 Å². The normalized spacial score (nSPS) is 11.9. The number of thiocyanates is 1. The number of nitrogens with zero attached hydrogens (tertiary/aromatic N) is 1. The monoisotopic (exact) mass is 201 g/mol. The minimum absolute atomic E-state index is 0.948. The van der Waals surface area contributed by atoms with Gasteiger partial charge in [0.15, 0.2) is 0 Å². The maximum atomic E-state index is 8.62. The number of allylic oxidation sites excluding steroid dienone is 2. The average Bonchev–Trinajstić information content (AvgIpc) is 2.18. The first-order valence-electron chi connectivity index (χ1n) is 4.26. The number of thioether (sulfide) groups is 1. The lowest BCUT2D eigenvalue weighted by Crippen LogP contribution is -2.24. The molecule has 0 spiro atoms. The molecule has 1 aromatic carbocycles. The van der Waals surface area contributed by atoms with E-state index in [9.17, 15) is 0 Å². The molecule has 0 aromatic heterocycles. The molecule has 0 aliphatic rings. The van der Waals surface area contributed by atoms with Crippen LogP contribution in [-0.4, -0.2) is 0 Å². The van der Waals surface area contributed by atoms with Crippen molar-refractivity contribution in [1.29, 1.82) is 5.26 Å². The van der Waals surface area contributed by atoms with E-state index in [0.717, 1.165) is 15.3 Å². The Labute approximate surface area is 88.1 Å². The van der Waals surface area contributed by atoms with Crippen molar-refractivity contribution in [2.24, 2.45) is 0 Å². The lowest BCUT2D eigenvalue weighted by molar-refractivity contribution is 1.34. The molecule has 1 aromatic rings. The molecule has 14 heavy (non-hydrogen) atoms. The summed E-state index contributed by atoms with van der Waals surface area (Å²) in [5.74, 6) is 0. The Morgan fingerprint density at radius 2 is 2.29 bits per heavy atom. The minimum Gasteiger partial charge on any atom is -0.185 e. The highest BCUT2D eigenvalue weighted by molar-refractivity contribution is 8.03. The van der Waals surface area contributed by atoms with Crippen molar-refractivity contribution in [2.45, 2.75) is 11.8 Å². The van der Waals surface area contributed by atoms with E-state index in [2.05, 4.69) is 12.0 Å². The largest absolute Gasteiger partial charge is 0.185 e. The van der Waals surface area contributed by atoms with Gasteiger partial charge in [-0.3, -0.25) is 0 Å². The van der Waals surface area contributed by atoms with Crippen LogP contribution in [0.2, 0.25) is 0 Å². The van der Waals surface area contributed by atoms with E-state index in [1.165, 1.54) is 11.8 Å². The fraction of sp³-hybridized carbons (Fsp3) is 0.0833. The summed E-state index contributed by atoms with van der Waals surface area (Å²) in [4.78, 5) is 0.957. The fourth-order valence-corrected chi connectivity index (χ4v) is 1.66. The molecule has 0 N–H and O–H groups in total. The van der Waals surface area contributed by atoms with Gasteiger partial charge in [-0.1, -0.05) is 36.9 Å². The van der Waals surface area contributed by atoms with Gasteiger partial charge in [0, 0.05) is 4.90 Å². The Balaban J connectivity index is 3.38. The van der Waals surface area contributed by atoms with Gasteiger partial charge in [-0.15, -0.1) is 0 Å². The average molecular weight is 201 g/mol. The van der Waals surface area contributed by atoms with E-state index >= 15 is 0 Å². The van der Waals surface area contributed by atoms with E-state index < -0.39 is 0 Å². The molecule has 1 rings (SSSR count). The summed E-state index contributed by atoms with van der Waals surface area (Å²) in [6.07, 6.45) is 5.88. The van der Waals surface area contributed by atoms with Gasteiger partial charge in [0.05, 0.1) is 0 Å². The summed E-state index contributed by atoms with van der Waals surface area (Å²) in [6.45, 7) is 5.89. The highest BCUT2D eigenvalue weighted by Crippen LogP contribution is 2.08. The summed E-state index contributed by atoms with van der Waals surface area (Å²) >= 11 is 1.17. The third-order valence-corrected chi connectivity index (χ3v) is 2.43. The number of nitriles is 1. The van der Waals surface area contributed by atoms with Crippen molar-refractivity contribution < 1.29 is 0 Å². The Bertz CT molecular complexity index is 480. The van der Waals surface area contributed by atoms with Crippen molar-refractivity contribution >= 4 is 24.4 Å². The molecule has 0 aliphatic heterocycles. The van der Waals surface area contributed by atoms with Crippen molar-refractivity contribution in [3.05, 3.63) is 40.8 Å². The first-order valence-corrected chi connectivity index (χ1v) is 5.08. The molecule has 0 fully saturated rings. The maximum absolute atomic E-state index is 8.62. The van der Waals surface area contributed by atoms with E-state index in [4.69, 9.17) is 5.26 Å². The van der Waals surface area contributed by atoms with Crippen LogP contribution in [0.1, 0.15) is 6.92 Å². The Morgan fingerprint density at radius 3 is 2.93 bits per heavy atom. The van der Waals surface area contributed by atoms with Gasteiger partial charge < -0.3 is 0 Å². The maximum Gasteiger partial charge on any atom is 0.138 e. The van der Waals surface area contributed by atoms with E-state index in [-0.39, 0.29) is 0 Å². The molecule has 70 valence electrons. The van der Waals surface area contributed by atoms with Gasteiger partial charge in [-0.25, -0.2) is 0 Å². The molecule has 0 atom stereocenters. The first kappa shape index (κ1) is 10.6. The van der Waals surface area contributed by atoms with Crippen LogP contribution in [0.25, 0.3) is 12.7 Å². The van der Waals surface area contributed by atoms with Crippen LogP contribution in [0.4, 0.5) is 0 Å². The van der Waals surface area contributed by atoms with Crippen molar-refractivity contribution in [3.8, 4) is 5.40 Å². The van der Waals surface area contributed by atoms with Crippen LogP contribution < -0.4 is 10.4 Å². The summed E-state index contributed by atoms with van der Waals surface area (Å²) in [6, 6.07) is 5.78. The standard InChI is InChI=1S/C12H11NS/c1-3-4-7-11-10(2)6-5-8-12(11)14-9-13/h3-8H,2H2,1H3/b4-3-,11-7+. The molecule has 0 radical (unpaired) electrons. The summed E-state index contributed by atoms with van der Waals surface area (Å²) < 4.78 is 0. The van der Waals surface area contributed by atoms with E-state index in [1.807, 2.05) is 43.4 Å². The van der Waals surface area contributed by atoms with E-state index in [0.29, 0.717) is 0 Å². The summed E-state index contributed by atoms with van der Waals surface area (Å²) in [7, 11) is 0. The molecule has 0 aliphatic carbocycles. The zero-order valence-corrected chi connectivity index (χ0v) is 8.84. The Kier molecular flexibility index (Phi) is 4.03. The molecule has 0 unspecified atom stereocenters. The first-order chi connectivity index (χ1) is 6.79. The van der Waals surface area contributed by atoms with Crippen LogP contribution in [0.5, 0.6) is 0 Å². The predicted molar refractivity (Wildman–Crippen MR) is 62.0 cm³/mol. The van der Waals surface area contributed by atoms with Crippen LogP contribution in [0, 0.1) is 10.7 Å². The molecule has 0 saturated carbocycles. The van der Waals surface area contributed by atoms with Crippen molar-refractivity contribution in [3.63, 3.8) is 0 Å². The second kappa shape index (κ2) is 5.31. The number of hydrogen-bond acceptors (Lipinski definition) is 2. The van der Waals surface area contributed by atoms with E-state index in [1.54, 1.807) is 0 Å². The number of benzene rings is 1. The lowest BCUT2D eigenvalue weighted by atomic mass is 10.2. The Morgan fingerprint density at radius 1 is 1.50 bits per heavy atom. The molecular formula is C12H11NS. The molecule has 2 heteroatoms. The highest BCUT2D eigenvalue weighted by Gasteiger charge is 1.94. The summed E-state index contributed by atoms with van der Waals surface area (Å²) in [5, 5.41) is 12.7. The van der Waals surface area contributed by atoms with Gasteiger partial charge in [0.1, 0.15) is 5.40 Å². The molecule has 0 amide bonds. The van der Waals surface area contributed by atoms with Gasteiger partial charge in [0.25, 0.3) is 0 Å². The molecule has 1 nitrogen and oxygen atoms in total. The SMILES string of the molecule is C=c1cccc(SC#N)/c1=C/C=C\C. The molecule has 0 heterocycles. The smallest absolute Gasteiger partial charge is 0.138 e. The summed E-state index contributed by atoms with van der Waals surface area (Å²) in [5.41, 5.74) is 0. The van der Waals surface area contributed by atoms with Crippen LogP contribution in [-0.2, 0) is 0 Å². The zero-order valence-electron chi connectivity index (χ0n) is 8.03. The second-order valence-electron chi connectivity index (χ2n) is 2.71. The molecule has 0 bridgehead atoms. The lowest BCUT2D eigenvalue weighted by Gasteiger charge is -1.95. The third-order valence-electron chi connectivity index (χ3n) is 1.77. The van der Waals surface area contributed by atoms with Crippen LogP contribution in [0.3, 0.4) is 0 Å². The van der Waals surface area contributed by atoms with Gasteiger partial charge in [0.2, 0.25) is 0 Å². The topological polar surface area (TPSA) is 23.8 Å². The van der Waals surface area contributed by atoms with Crippen LogP contribution >= 0.6 is 11.8 Å². The predicted octanol–water partition coefficient (Wildman–Crippen LogP) is 2.03. The Hall–Kier alpha value is -1.46. The van der Waals surface area contributed by atoms with Gasteiger partial charge >= 0.3 is 0 Å². The third kappa shape index (κ3) is 2.51. The fourth-order valence-electron chi connectivity index (χ4n) is 1.11. The van der Waals surface area contributed by atoms with Crippen molar-refractivity contribution in [1.82, 2.24) is 0 Å². The second-order valence-corrected chi connectivity index (χ2v) is 3.54. The quantitative estimate of drug-likeness (QED) is 0.540.